The van der Waals surface area contributed by atoms with Crippen molar-refractivity contribution < 1.29 is 14.7 Å². The van der Waals surface area contributed by atoms with Crippen molar-refractivity contribution in [3.63, 3.8) is 0 Å². The molecule has 0 aromatic carbocycles. The molecule has 6 N–H and O–H groups in total. The Morgan fingerprint density at radius 1 is 1.47 bits per heavy atom. The number of rotatable bonds is 6. The Labute approximate surface area is 97.8 Å². The number of carboxylic acids is 1. The van der Waals surface area contributed by atoms with Gasteiger partial charge in [-0.15, -0.1) is 0 Å². The summed E-state index contributed by atoms with van der Waals surface area (Å²) in [6.07, 6.45) is 2.11. The standard InChI is InChI=1S/C10H14N4O3/c11-7-5-14-9(4-6(7)10(16)17)13-3-1-2-8(12)15/h4-5H,1-3,11H2,(H2,12,15)(H,13,14)(H,16,17). The zero-order chi connectivity index (χ0) is 12.8. The summed E-state index contributed by atoms with van der Waals surface area (Å²) < 4.78 is 0. The van der Waals surface area contributed by atoms with Crippen molar-refractivity contribution >= 4 is 23.4 Å². The Hall–Kier alpha value is -2.31. The summed E-state index contributed by atoms with van der Waals surface area (Å²) in [6, 6.07) is 1.35. The molecule has 1 heterocycles. The highest BCUT2D eigenvalue weighted by atomic mass is 16.4. The second kappa shape index (κ2) is 5.69. The number of hydrogen-bond acceptors (Lipinski definition) is 5. The number of hydrogen-bond donors (Lipinski definition) is 4. The van der Waals surface area contributed by atoms with E-state index in [1.165, 1.54) is 12.3 Å². The SMILES string of the molecule is NC(=O)CCCNc1cc(C(=O)O)c(N)cn1. The topological polar surface area (TPSA) is 131 Å². The highest BCUT2D eigenvalue weighted by Crippen LogP contribution is 2.14. The number of carboxylic acid groups (broad SMARTS) is 1. The number of pyridine rings is 1. The lowest BCUT2D eigenvalue weighted by molar-refractivity contribution is -0.118. The van der Waals surface area contributed by atoms with Gasteiger partial charge in [-0.2, -0.15) is 0 Å². The molecule has 0 saturated carbocycles. The van der Waals surface area contributed by atoms with E-state index in [0.717, 1.165) is 0 Å². The van der Waals surface area contributed by atoms with Gasteiger partial charge in [0.25, 0.3) is 0 Å². The smallest absolute Gasteiger partial charge is 0.337 e. The van der Waals surface area contributed by atoms with Crippen LogP contribution in [0.2, 0.25) is 0 Å². The number of amides is 1. The first-order valence-electron chi connectivity index (χ1n) is 5.01. The van der Waals surface area contributed by atoms with Crippen molar-refractivity contribution in [3.8, 4) is 0 Å². The Morgan fingerprint density at radius 2 is 2.18 bits per heavy atom. The molecule has 1 rings (SSSR count). The van der Waals surface area contributed by atoms with Crippen LogP contribution in [0.3, 0.4) is 0 Å². The van der Waals surface area contributed by atoms with Crippen LogP contribution in [0.5, 0.6) is 0 Å². The van der Waals surface area contributed by atoms with E-state index in [0.29, 0.717) is 18.8 Å². The van der Waals surface area contributed by atoms with Crippen molar-refractivity contribution in [1.82, 2.24) is 4.98 Å². The molecular formula is C10H14N4O3. The number of aromatic nitrogens is 1. The molecule has 17 heavy (non-hydrogen) atoms. The Kier molecular flexibility index (Phi) is 4.27. The number of nitrogens with two attached hydrogens (primary N) is 2. The molecule has 7 heteroatoms. The third kappa shape index (κ3) is 3.98. The molecule has 0 aliphatic rings. The van der Waals surface area contributed by atoms with Crippen molar-refractivity contribution in [2.75, 3.05) is 17.6 Å². The highest BCUT2D eigenvalue weighted by Gasteiger charge is 2.09. The van der Waals surface area contributed by atoms with Crippen molar-refractivity contribution in [2.24, 2.45) is 5.73 Å². The fourth-order valence-corrected chi connectivity index (χ4v) is 1.23. The maximum Gasteiger partial charge on any atom is 0.337 e. The number of nitrogen functional groups attached to an aromatic ring is 1. The van der Waals surface area contributed by atoms with Crippen LogP contribution in [0.4, 0.5) is 11.5 Å². The molecule has 0 saturated heterocycles. The molecule has 0 atom stereocenters. The molecule has 1 aromatic rings. The third-order valence-corrected chi connectivity index (χ3v) is 2.07. The van der Waals surface area contributed by atoms with Crippen LogP contribution in [0.1, 0.15) is 23.2 Å². The van der Waals surface area contributed by atoms with Gasteiger partial charge in [0.05, 0.1) is 17.4 Å². The van der Waals surface area contributed by atoms with E-state index in [1.54, 1.807) is 0 Å². The fraction of sp³-hybridized carbons (Fsp3) is 0.300. The molecule has 0 aliphatic heterocycles. The maximum atomic E-state index is 10.8. The molecule has 0 radical (unpaired) electrons. The maximum absolute atomic E-state index is 10.8. The van der Waals surface area contributed by atoms with E-state index in [1.807, 2.05) is 0 Å². The van der Waals surface area contributed by atoms with Crippen molar-refractivity contribution in [3.05, 3.63) is 17.8 Å². The first kappa shape index (κ1) is 12.8. The summed E-state index contributed by atoms with van der Waals surface area (Å²) in [4.78, 5) is 25.2. The van der Waals surface area contributed by atoms with Crippen LogP contribution < -0.4 is 16.8 Å². The summed E-state index contributed by atoms with van der Waals surface area (Å²) in [6.45, 7) is 0.485. The molecule has 0 unspecified atom stereocenters. The van der Waals surface area contributed by atoms with Gasteiger partial charge in [0, 0.05) is 13.0 Å². The average molecular weight is 238 g/mol. The van der Waals surface area contributed by atoms with E-state index in [9.17, 15) is 9.59 Å². The van der Waals surface area contributed by atoms with Crippen LogP contribution in [0.25, 0.3) is 0 Å². The predicted molar refractivity (Wildman–Crippen MR) is 62.5 cm³/mol. The highest BCUT2D eigenvalue weighted by molar-refractivity contribution is 5.94. The molecule has 92 valence electrons. The van der Waals surface area contributed by atoms with Gasteiger partial charge in [0.2, 0.25) is 5.91 Å². The molecular weight excluding hydrogens is 224 g/mol. The lowest BCUT2D eigenvalue weighted by Crippen LogP contribution is -2.13. The minimum Gasteiger partial charge on any atom is -0.478 e. The lowest BCUT2D eigenvalue weighted by atomic mass is 10.2. The number of anilines is 2. The van der Waals surface area contributed by atoms with Crippen molar-refractivity contribution in [2.45, 2.75) is 12.8 Å². The molecule has 1 amide bonds. The van der Waals surface area contributed by atoms with Gasteiger partial charge >= 0.3 is 5.97 Å². The predicted octanol–water partition coefficient (Wildman–Crippen LogP) is 0.0394. The van der Waals surface area contributed by atoms with Crippen molar-refractivity contribution in [1.29, 1.82) is 0 Å². The number of aromatic carboxylic acids is 1. The lowest BCUT2D eigenvalue weighted by Gasteiger charge is -2.06. The molecule has 0 spiro atoms. The minimum atomic E-state index is -1.11. The van der Waals surface area contributed by atoms with E-state index >= 15 is 0 Å². The van der Waals surface area contributed by atoms with Crippen LogP contribution in [0, 0.1) is 0 Å². The summed E-state index contributed by atoms with van der Waals surface area (Å²) in [5, 5.41) is 11.7. The number of nitrogens with one attached hydrogen (secondary N) is 1. The zero-order valence-corrected chi connectivity index (χ0v) is 9.14. The molecule has 7 nitrogen and oxygen atoms in total. The van der Waals surface area contributed by atoms with Gasteiger partial charge in [0.1, 0.15) is 5.82 Å². The summed E-state index contributed by atoms with van der Waals surface area (Å²) in [5.41, 5.74) is 10.5. The van der Waals surface area contributed by atoms with Crippen LogP contribution in [-0.2, 0) is 4.79 Å². The Balaban J connectivity index is 2.57. The van der Waals surface area contributed by atoms with Crippen LogP contribution in [0.15, 0.2) is 12.3 Å². The largest absolute Gasteiger partial charge is 0.478 e. The van der Waals surface area contributed by atoms with Gasteiger partial charge in [-0.1, -0.05) is 0 Å². The van der Waals surface area contributed by atoms with Gasteiger partial charge in [-0.3, -0.25) is 4.79 Å². The van der Waals surface area contributed by atoms with Gasteiger partial charge < -0.3 is 21.9 Å². The first-order valence-corrected chi connectivity index (χ1v) is 5.01. The molecule has 0 bridgehead atoms. The summed E-state index contributed by atoms with van der Waals surface area (Å²) in [5.74, 6) is -1.07. The number of carbonyl (C=O) groups is 2. The van der Waals surface area contributed by atoms with Gasteiger partial charge in [0.15, 0.2) is 0 Å². The fourth-order valence-electron chi connectivity index (χ4n) is 1.23. The van der Waals surface area contributed by atoms with Gasteiger partial charge in [-0.25, -0.2) is 9.78 Å². The third-order valence-electron chi connectivity index (χ3n) is 2.07. The molecule has 0 fully saturated rings. The normalized spacial score (nSPS) is 9.88. The molecule has 1 aromatic heterocycles. The summed E-state index contributed by atoms with van der Waals surface area (Å²) in [7, 11) is 0. The number of carbonyl (C=O) groups excluding carboxylic acids is 1. The van der Waals surface area contributed by atoms with Crippen LogP contribution >= 0.6 is 0 Å². The first-order chi connectivity index (χ1) is 8.00. The van der Waals surface area contributed by atoms with E-state index < -0.39 is 5.97 Å². The second-order valence-corrected chi connectivity index (χ2v) is 3.46. The monoisotopic (exact) mass is 238 g/mol. The Bertz CT molecular complexity index is 434. The average Bonchev–Trinajstić information content (AvgIpc) is 2.25. The number of nitrogens with zero attached hydrogens (tertiary/aromatic N) is 1. The van der Waals surface area contributed by atoms with Crippen LogP contribution in [-0.4, -0.2) is 28.5 Å². The minimum absolute atomic E-state index is 0.00241. The quantitative estimate of drug-likeness (QED) is 0.517. The summed E-state index contributed by atoms with van der Waals surface area (Å²) >= 11 is 0. The zero-order valence-electron chi connectivity index (χ0n) is 9.14. The Morgan fingerprint density at radius 3 is 2.76 bits per heavy atom. The van der Waals surface area contributed by atoms with E-state index in [4.69, 9.17) is 16.6 Å². The second-order valence-electron chi connectivity index (χ2n) is 3.46. The van der Waals surface area contributed by atoms with E-state index in [2.05, 4.69) is 10.3 Å². The van der Waals surface area contributed by atoms with E-state index in [-0.39, 0.29) is 23.6 Å². The number of primary amides is 1. The van der Waals surface area contributed by atoms with Gasteiger partial charge in [-0.05, 0) is 12.5 Å². The molecule has 0 aliphatic carbocycles.